The molecule has 1 N–H and O–H groups in total. The number of nitro groups is 1. The lowest BCUT2D eigenvalue weighted by atomic mass is 10.1. The number of nitrogens with one attached hydrogen (secondary N) is 1. The minimum Gasteiger partial charge on any atom is -0.487 e. The van der Waals surface area contributed by atoms with E-state index in [1.165, 1.54) is 35.0 Å². The van der Waals surface area contributed by atoms with Crippen molar-refractivity contribution in [2.45, 2.75) is 6.92 Å². The molecule has 3 aromatic rings. The van der Waals surface area contributed by atoms with Crippen molar-refractivity contribution in [3.63, 3.8) is 0 Å². The number of nitro benzene ring substituents is 1. The molecule has 2 aromatic carbocycles. The monoisotopic (exact) mass is 487 g/mol. The molecule has 10 nitrogen and oxygen atoms in total. The van der Waals surface area contributed by atoms with Gasteiger partial charge in [-0.05, 0) is 54.6 Å². The molecular weight excluding hydrogens is 470 g/mol. The molecule has 2 aliphatic heterocycles. The molecule has 0 fully saturated rings. The highest BCUT2D eigenvalue weighted by molar-refractivity contribution is 8.27. The number of hydrogen-bond donors (Lipinski definition) is 1. The summed E-state index contributed by atoms with van der Waals surface area (Å²) < 4.78 is 11.5. The van der Waals surface area contributed by atoms with Crippen molar-refractivity contribution in [1.29, 1.82) is 5.41 Å². The number of hydrazone groups is 1. The summed E-state index contributed by atoms with van der Waals surface area (Å²) in [5.74, 6) is 0.677. The number of aryl methyl sites for hydroxylation is 1. The number of fused-ring (bicyclic) bond motifs is 1. The number of nitrogens with zero attached hydrogens (tertiary/aromatic N) is 4. The van der Waals surface area contributed by atoms with Crippen LogP contribution in [0.15, 0.2) is 80.7 Å². The van der Waals surface area contributed by atoms with Gasteiger partial charge < -0.3 is 9.15 Å². The van der Waals surface area contributed by atoms with Crippen LogP contribution in [0.4, 0.5) is 5.69 Å². The van der Waals surface area contributed by atoms with E-state index in [1.54, 1.807) is 24.3 Å². The third-order valence-electron chi connectivity index (χ3n) is 5.10. The van der Waals surface area contributed by atoms with Crippen LogP contribution in [0.3, 0.4) is 0 Å². The van der Waals surface area contributed by atoms with Crippen molar-refractivity contribution in [3.05, 3.63) is 87.7 Å². The van der Waals surface area contributed by atoms with Crippen molar-refractivity contribution in [3.8, 4) is 17.1 Å². The van der Waals surface area contributed by atoms with Gasteiger partial charge in [0.05, 0.1) is 10.5 Å². The smallest absolute Gasteiger partial charge is 0.283 e. The normalized spacial score (nSPS) is 16.3. The Morgan fingerprint density at radius 1 is 1.20 bits per heavy atom. The molecule has 0 unspecified atom stereocenters. The molecule has 1 aromatic heterocycles. The summed E-state index contributed by atoms with van der Waals surface area (Å²) in [5, 5.41) is 26.0. The number of rotatable bonds is 6. The summed E-state index contributed by atoms with van der Waals surface area (Å²) in [6, 6.07) is 16.9. The number of thioether (sulfide) groups is 1. The molecule has 0 bridgehead atoms. The van der Waals surface area contributed by atoms with Crippen molar-refractivity contribution < 1.29 is 18.9 Å². The van der Waals surface area contributed by atoms with E-state index < -0.39 is 10.8 Å². The van der Waals surface area contributed by atoms with E-state index in [0.717, 1.165) is 5.56 Å². The highest BCUT2D eigenvalue weighted by atomic mass is 32.2. The number of aliphatic imine (C=N–C) groups is 1. The molecule has 1 amide bonds. The highest BCUT2D eigenvalue weighted by Gasteiger charge is 2.36. The number of furan rings is 1. The third kappa shape index (κ3) is 4.62. The third-order valence-corrected chi connectivity index (χ3v) is 5.98. The number of amidine groups is 2. The molecule has 0 saturated carbocycles. The summed E-state index contributed by atoms with van der Waals surface area (Å²) in [6.07, 6.45) is 1.41. The van der Waals surface area contributed by atoms with Gasteiger partial charge in [-0.3, -0.25) is 20.3 Å². The van der Waals surface area contributed by atoms with Crippen LogP contribution >= 0.6 is 11.8 Å². The predicted molar refractivity (Wildman–Crippen MR) is 132 cm³/mol. The maximum absolute atomic E-state index is 12.6. The molecule has 174 valence electrons. The molecule has 11 heteroatoms. The lowest BCUT2D eigenvalue weighted by Crippen LogP contribution is -2.35. The minimum atomic E-state index is -0.585. The largest absolute Gasteiger partial charge is 0.487 e. The molecule has 0 saturated heterocycles. The van der Waals surface area contributed by atoms with Crippen molar-refractivity contribution in [2.24, 2.45) is 10.1 Å². The van der Waals surface area contributed by atoms with Crippen LogP contribution in [0.1, 0.15) is 11.3 Å². The second-order valence-electron chi connectivity index (χ2n) is 7.63. The second kappa shape index (κ2) is 9.03. The number of carbonyl (C=O) groups excluding carboxylic acids is 1. The Bertz CT molecular complexity index is 1470. The number of benzene rings is 2. The Balaban J connectivity index is 1.34. The van der Waals surface area contributed by atoms with E-state index in [9.17, 15) is 14.9 Å². The summed E-state index contributed by atoms with van der Waals surface area (Å²) in [4.78, 5) is 27.2. The Morgan fingerprint density at radius 3 is 2.83 bits per heavy atom. The number of amides is 1. The van der Waals surface area contributed by atoms with E-state index in [1.807, 2.05) is 31.2 Å². The van der Waals surface area contributed by atoms with Crippen molar-refractivity contribution in [2.75, 3.05) is 6.61 Å². The maximum atomic E-state index is 12.6. The Labute approximate surface area is 203 Å². The van der Waals surface area contributed by atoms with Crippen LogP contribution < -0.4 is 4.74 Å². The standard InChI is InChI=1S/C24H17N5O5S/c1-14-4-2-7-17(10-14)33-13-21-27-28-22(25)19(23(30)26-24(28)35-21)12-18-8-9-20(34-18)15-5-3-6-16(11-15)29(31)32/h2-12,25H,13H2,1H3/b19-12-,25-22?. The number of carbonyl (C=O) groups is 1. The van der Waals surface area contributed by atoms with E-state index in [4.69, 9.17) is 14.6 Å². The van der Waals surface area contributed by atoms with Crippen LogP contribution in [0, 0.1) is 22.4 Å². The fraction of sp³-hybridized carbons (Fsp3) is 0.0833. The number of ether oxygens (including phenoxy) is 1. The van der Waals surface area contributed by atoms with Crippen LogP contribution in [0.25, 0.3) is 17.4 Å². The van der Waals surface area contributed by atoms with Crippen LogP contribution in [0.2, 0.25) is 0 Å². The molecule has 0 atom stereocenters. The average molecular weight is 487 g/mol. The SMILES string of the molecule is Cc1cccc(OCC2=NN3C(=N)/C(=C/c4ccc(-c5cccc([N+](=O)[O-])c5)o4)C(=O)N=C3S2)c1. The van der Waals surface area contributed by atoms with E-state index in [-0.39, 0.29) is 28.9 Å². The minimum absolute atomic E-state index is 0.0129. The summed E-state index contributed by atoms with van der Waals surface area (Å²) in [7, 11) is 0. The summed E-state index contributed by atoms with van der Waals surface area (Å²) in [5.41, 5.74) is 1.54. The van der Waals surface area contributed by atoms with Crippen LogP contribution in [-0.4, -0.2) is 38.5 Å². The zero-order chi connectivity index (χ0) is 24.5. The Morgan fingerprint density at radius 2 is 2.03 bits per heavy atom. The van der Waals surface area contributed by atoms with Gasteiger partial charge in [-0.1, -0.05) is 24.3 Å². The van der Waals surface area contributed by atoms with Crippen molar-refractivity contribution in [1.82, 2.24) is 5.01 Å². The first-order valence-electron chi connectivity index (χ1n) is 10.4. The lowest BCUT2D eigenvalue weighted by molar-refractivity contribution is -0.384. The Hall–Kier alpha value is -4.51. The van der Waals surface area contributed by atoms with Gasteiger partial charge >= 0.3 is 0 Å². The fourth-order valence-electron chi connectivity index (χ4n) is 3.44. The van der Waals surface area contributed by atoms with Gasteiger partial charge in [-0.2, -0.15) is 15.1 Å². The molecule has 0 radical (unpaired) electrons. The summed E-state index contributed by atoms with van der Waals surface area (Å²) in [6.45, 7) is 2.14. The predicted octanol–water partition coefficient (Wildman–Crippen LogP) is 4.86. The van der Waals surface area contributed by atoms with Gasteiger partial charge in [0, 0.05) is 17.7 Å². The molecule has 5 rings (SSSR count). The zero-order valence-electron chi connectivity index (χ0n) is 18.3. The van der Waals surface area contributed by atoms with E-state index in [2.05, 4.69) is 10.1 Å². The highest BCUT2D eigenvalue weighted by Crippen LogP contribution is 2.30. The molecule has 3 heterocycles. The van der Waals surface area contributed by atoms with E-state index in [0.29, 0.717) is 27.9 Å². The topological polar surface area (TPSA) is 134 Å². The Kier molecular flexibility index (Phi) is 5.75. The average Bonchev–Trinajstić information content (AvgIpc) is 3.48. The van der Waals surface area contributed by atoms with Gasteiger partial charge in [0.25, 0.3) is 11.6 Å². The fourth-order valence-corrected chi connectivity index (χ4v) is 4.24. The van der Waals surface area contributed by atoms with Crippen LogP contribution in [0.5, 0.6) is 5.75 Å². The second-order valence-corrected chi connectivity index (χ2v) is 8.67. The van der Waals surface area contributed by atoms with Gasteiger partial charge in [-0.25, -0.2) is 0 Å². The van der Waals surface area contributed by atoms with E-state index >= 15 is 0 Å². The first-order chi connectivity index (χ1) is 16.9. The molecule has 35 heavy (non-hydrogen) atoms. The molecule has 2 aliphatic rings. The van der Waals surface area contributed by atoms with Gasteiger partial charge in [0.2, 0.25) is 5.17 Å². The quantitative estimate of drug-likeness (QED) is 0.298. The number of hydrogen-bond acceptors (Lipinski definition) is 8. The molecule has 0 aliphatic carbocycles. The van der Waals surface area contributed by atoms with Gasteiger partial charge in [0.15, 0.2) is 5.84 Å². The lowest BCUT2D eigenvalue weighted by Gasteiger charge is -2.19. The van der Waals surface area contributed by atoms with Gasteiger partial charge in [0.1, 0.15) is 28.9 Å². The van der Waals surface area contributed by atoms with Gasteiger partial charge in [-0.15, -0.1) is 0 Å². The first kappa shape index (κ1) is 22.3. The van der Waals surface area contributed by atoms with Crippen molar-refractivity contribution >= 4 is 45.5 Å². The number of non-ortho nitro benzene ring substituents is 1. The van der Waals surface area contributed by atoms with Crippen LogP contribution in [-0.2, 0) is 4.79 Å². The first-order valence-corrected chi connectivity index (χ1v) is 11.2. The summed E-state index contributed by atoms with van der Waals surface area (Å²) >= 11 is 1.17. The molecule has 0 spiro atoms. The maximum Gasteiger partial charge on any atom is 0.283 e. The zero-order valence-corrected chi connectivity index (χ0v) is 19.1. The molecular formula is C24H17N5O5S.